The van der Waals surface area contributed by atoms with Gasteiger partial charge in [-0.3, -0.25) is 4.79 Å². The van der Waals surface area contributed by atoms with Gasteiger partial charge in [0.2, 0.25) is 0 Å². The van der Waals surface area contributed by atoms with Gasteiger partial charge in [-0.15, -0.1) is 10.2 Å². The summed E-state index contributed by atoms with van der Waals surface area (Å²) in [6, 6.07) is 7.24. The van der Waals surface area contributed by atoms with Crippen LogP contribution in [-0.4, -0.2) is 18.5 Å². The molecule has 1 aromatic carbocycles. The van der Waals surface area contributed by atoms with Crippen LogP contribution < -0.4 is 10.6 Å². The first-order chi connectivity index (χ1) is 11.6. The van der Waals surface area contributed by atoms with Gasteiger partial charge in [-0.25, -0.2) is 4.79 Å². The molecule has 1 saturated carbocycles. The van der Waals surface area contributed by atoms with E-state index in [1.54, 1.807) is 0 Å². The first-order valence-electron chi connectivity index (χ1n) is 8.08. The molecular formula is C17H19ClN4O2. The Bertz CT molecular complexity index is 696. The Morgan fingerprint density at radius 3 is 2.75 bits per heavy atom. The summed E-state index contributed by atoms with van der Waals surface area (Å²) in [4.78, 5) is 23.3. The van der Waals surface area contributed by atoms with Crippen molar-refractivity contribution in [1.29, 1.82) is 0 Å². The molecule has 1 heterocycles. The van der Waals surface area contributed by atoms with Crippen molar-refractivity contribution < 1.29 is 9.59 Å². The van der Waals surface area contributed by atoms with E-state index in [2.05, 4.69) is 20.9 Å². The molecule has 0 spiro atoms. The van der Waals surface area contributed by atoms with Gasteiger partial charge in [-0.2, -0.15) is 0 Å². The first-order valence-corrected chi connectivity index (χ1v) is 8.46. The Hall–Kier alpha value is -2.21. The zero-order chi connectivity index (χ0) is 16.9. The number of hydrogen-bond donors (Lipinski definition) is 2. The fourth-order valence-corrected chi connectivity index (χ4v) is 3.43. The lowest BCUT2D eigenvalue weighted by Crippen LogP contribution is -2.40. The maximum absolute atomic E-state index is 12.3. The summed E-state index contributed by atoms with van der Waals surface area (Å²) in [5, 5.41) is 13.5. The van der Waals surface area contributed by atoms with Crippen LogP contribution in [0.4, 0.5) is 4.79 Å². The van der Waals surface area contributed by atoms with E-state index in [1.807, 2.05) is 24.3 Å². The van der Waals surface area contributed by atoms with Gasteiger partial charge < -0.3 is 10.6 Å². The quantitative estimate of drug-likeness (QED) is 0.851. The fourth-order valence-electron chi connectivity index (χ4n) is 3.23. The molecule has 7 heteroatoms. The zero-order valence-electron chi connectivity index (χ0n) is 13.2. The highest BCUT2D eigenvalue weighted by molar-refractivity contribution is 6.30. The molecule has 3 rings (SSSR count). The summed E-state index contributed by atoms with van der Waals surface area (Å²) >= 11 is 6.10. The van der Waals surface area contributed by atoms with E-state index in [-0.39, 0.29) is 18.6 Å². The fraction of sp³-hybridized carbons (Fsp3) is 0.412. The smallest absolute Gasteiger partial charge is 0.315 e. The van der Waals surface area contributed by atoms with E-state index in [0.29, 0.717) is 16.6 Å². The third-order valence-corrected chi connectivity index (χ3v) is 4.60. The van der Waals surface area contributed by atoms with Gasteiger partial charge in [0.05, 0.1) is 18.3 Å². The second-order valence-corrected chi connectivity index (χ2v) is 6.51. The second-order valence-electron chi connectivity index (χ2n) is 6.08. The van der Waals surface area contributed by atoms with Gasteiger partial charge in [-0.1, -0.05) is 36.6 Å². The lowest BCUT2D eigenvalue weighted by atomic mass is 9.92. The summed E-state index contributed by atoms with van der Waals surface area (Å²) in [5.41, 5.74) is 1.47. The molecule has 0 radical (unpaired) electrons. The van der Waals surface area contributed by atoms with Gasteiger partial charge >= 0.3 is 6.03 Å². The minimum atomic E-state index is -0.394. The van der Waals surface area contributed by atoms with Crippen LogP contribution >= 0.6 is 11.6 Å². The molecule has 2 N–H and O–H groups in total. The van der Waals surface area contributed by atoms with E-state index in [1.165, 1.54) is 18.9 Å². The normalized spacial score (nSPS) is 18.5. The van der Waals surface area contributed by atoms with Crippen molar-refractivity contribution >= 4 is 23.5 Å². The lowest BCUT2D eigenvalue weighted by molar-refractivity contribution is -0.113. The summed E-state index contributed by atoms with van der Waals surface area (Å²) in [6.07, 6.45) is 5.85. The predicted molar refractivity (Wildman–Crippen MR) is 90.6 cm³/mol. The minimum Gasteiger partial charge on any atom is -0.332 e. The molecule has 3 amide bonds. The molecule has 0 aromatic heterocycles. The van der Waals surface area contributed by atoms with E-state index in [0.717, 1.165) is 18.4 Å². The van der Waals surface area contributed by atoms with Gasteiger partial charge in [0.15, 0.2) is 0 Å². The summed E-state index contributed by atoms with van der Waals surface area (Å²) in [6.45, 7) is 0.175. The molecule has 1 aromatic rings. The number of urea groups is 1. The Kier molecular flexibility index (Phi) is 5.25. The van der Waals surface area contributed by atoms with Crippen molar-refractivity contribution in [3.8, 4) is 0 Å². The number of amides is 3. The van der Waals surface area contributed by atoms with E-state index in [4.69, 9.17) is 11.6 Å². The molecule has 0 bridgehead atoms. The number of azo groups is 1. The molecular weight excluding hydrogens is 328 g/mol. The van der Waals surface area contributed by atoms with Gasteiger partial charge in [0.1, 0.15) is 0 Å². The zero-order valence-corrected chi connectivity index (χ0v) is 13.9. The topological polar surface area (TPSA) is 82.9 Å². The third kappa shape index (κ3) is 4.20. The number of nitrogens with zero attached hydrogens (tertiary/aromatic N) is 2. The van der Waals surface area contributed by atoms with Crippen molar-refractivity contribution in [2.45, 2.75) is 31.7 Å². The Labute approximate surface area is 145 Å². The summed E-state index contributed by atoms with van der Waals surface area (Å²) in [7, 11) is 0. The molecule has 0 saturated heterocycles. The number of nitrogens with one attached hydrogen (secondary N) is 2. The molecule has 24 heavy (non-hydrogen) atoms. The van der Waals surface area contributed by atoms with Crippen molar-refractivity contribution in [3.05, 3.63) is 46.6 Å². The van der Waals surface area contributed by atoms with E-state index in [9.17, 15) is 9.59 Å². The van der Waals surface area contributed by atoms with Crippen LogP contribution in [0.2, 0.25) is 5.02 Å². The SMILES string of the molecule is O=C1C=C(CNC(=O)N[C@H](c2cccc(Cl)c2)C2CCCC2)N=N1. The molecule has 1 atom stereocenters. The molecule has 2 aliphatic rings. The van der Waals surface area contributed by atoms with Crippen molar-refractivity contribution in [2.24, 2.45) is 16.1 Å². The first kappa shape index (κ1) is 16.6. The largest absolute Gasteiger partial charge is 0.332 e. The van der Waals surface area contributed by atoms with Crippen LogP contribution in [0.1, 0.15) is 37.3 Å². The molecule has 1 aliphatic heterocycles. The minimum absolute atomic E-state index is 0.0768. The third-order valence-electron chi connectivity index (χ3n) is 4.36. The van der Waals surface area contributed by atoms with Crippen LogP contribution in [0.15, 0.2) is 46.3 Å². The number of carbonyl (C=O) groups is 2. The summed E-state index contributed by atoms with van der Waals surface area (Å²) < 4.78 is 0. The maximum atomic E-state index is 12.3. The van der Waals surface area contributed by atoms with Crippen LogP contribution in [0.25, 0.3) is 0 Å². The van der Waals surface area contributed by atoms with Crippen LogP contribution in [0.5, 0.6) is 0 Å². The van der Waals surface area contributed by atoms with Crippen LogP contribution in [-0.2, 0) is 4.79 Å². The second kappa shape index (κ2) is 7.57. The number of rotatable bonds is 5. The van der Waals surface area contributed by atoms with Crippen molar-refractivity contribution in [1.82, 2.24) is 10.6 Å². The highest BCUT2D eigenvalue weighted by Gasteiger charge is 2.28. The van der Waals surface area contributed by atoms with Crippen molar-refractivity contribution in [2.75, 3.05) is 6.54 Å². The van der Waals surface area contributed by atoms with Gasteiger partial charge in [-0.05, 0) is 36.5 Å². The monoisotopic (exact) mass is 346 g/mol. The van der Waals surface area contributed by atoms with Crippen molar-refractivity contribution in [3.63, 3.8) is 0 Å². The summed E-state index contributed by atoms with van der Waals surface area (Å²) in [5.74, 6) is 0.0103. The molecule has 6 nitrogen and oxygen atoms in total. The van der Waals surface area contributed by atoms with E-state index >= 15 is 0 Å². The van der Waals surface area contributed by atoms with Gasteiger partial charge in [0.25, 0.3) is 5.91 Å². The van der Waals surface area contributed by atoms with Crippen LogP contribution in [0, 0.1) is 5.92 Å². The molecule has 1 aliphatic carbocycles. The highest BCUT2D eigenvalue weighted by Crippen LogP contribution is 2.36. The van der Waals surface area contributed by atoms with Gasteiger partial charge in [0, 0.05) is 11.1 Å². The average molecular weight is 347 g/mol. The predicted octanol–water partition coefficient (Wildman–Crippen LogP) is 3.75. The van der Waals surface area contributed by atoms with E-state index < -0.39 is 5.91 Å². The Morgan fingerprint density at radius 1 is 1.29 bits per heavy atom. The Balaban J connectivity index is 1.65. The number of carbonyl (C=O) groups excluding carboxylic acids is 2. The maximum Gasteiger partial charge on any atom is 0.315 e. The lowest BCUT2D eigenvalue weighted by Gasteiger charge is -2.25. The molecule has 0 unspecified atom stereocenters. The average Bonchev–Trinajstić information content (AvgIpc) is 3.22. The number of hydrogen-bond acceptors (Lipinski definition) is 3. The number of benzene rings is 1. The highest BCUT2D eigenvalue weighted by atomic mass is 35.5. The standard InChI is InChI=1S/C17H19ClN4O2/c18-13-7-3-6-12(8-13)16(11-4-1-2-5-11)20-17(24)19-10-14-9-15(23)22-21-14/h3,6-9,11,16H,1-2,4-5,10H2,(H2,19,20,24)/t16-/m0/s1. The number of halogens is 1. The van der Waals surface area contributed by atoms with Crippen LogP contribution in [0.3, 0.4) is 0 Å². The molecule has 126 valence electrons. The Morgan fingerprint density at radius 2 is 2.08 bits per heavy atom. The molecule has 1 fully saturated rings.